The van der Waals surface area contributed by atoms with Gasteiger partial charge in [0.15, 0.2) is 5.03 Å². The van der Waals surface area contributed by atoms with Gasteiger partial charge >= 0.3 is 0 Å². The summed E-state index contributed by atoms with van der Waals surface area (Å²) < 4.78 is 25.4. The maximum absolute atomic E-state index is 12.3. The zero-order chi connectivity index (χ0) is 14.3. The zero-order valence-corrected chi connectivity index (χ0v) is 11.2. The predicted octanol–water partition coefficient (Wildman–Crippen LogP) is 0.551. The molecule has 0 spiro atoms. The molecule has 0 atom stereocenters. The molecule has 0 bridgehead atoms. The Morgan fingerprint density at radius 1 is 1.37 bits per heavy atom. The second-order valence-corrected chi connectivity index (χ2v) is 5.33. The highest BCUT2D eigenvalue weighted by Crippen LogP contribution is 2.21. The molecule has 0 aliphatic heterocycles. The van der Waals surface area contributed by atoms with E-state index in [4.69, 9.17) is 10.5 Å². The van der Waals surface area contributed by atoms with Gasteiger partial charge in [0, 0.05) is 12.7 Å². The van der Waals surface area contributed by atoms with Crippen LogP contribution in [0.15, 0.2) is 23.4 Å². The first-order valence-electron chi connectivity index (χ1n) is 5.50. The molecule has 1 rings (SSSR count). The Kier molecular flexibility index (Phi) is 5.24. The highest BCUT2D eigenvalue weighted by atomic mass is 32.2. The van der Waals surface area contributed by atoms with E-state index in [2.05, 4.69) is 10.3 Å². The molecule has 0 saturated heterocycles. The molecule has 1 heterocycles. The first-order chi connectivity index (χ1) is 9.07. The maximum Gasteiger partial charge on any atom is 0.264 e. The minimum atomic E-state index is -3.96. The minimum absolute atomic E-state index is 0.178. The smallest absolute Gasteiger partial charge is 0.264 e. The van der Waals surface area contributed by atoms with Crippen LogP contribution in [0.4, 0.5) is 5.69 Å². The van der Waals surface area contributed by atoms with Gasteiger partial charge in [-0.25, -0.2) is 13.4 Å². The molecule has 1 aromatic rings. The summed E-state index contributed by atoms with van der Waals surface area (Å²) in [5.74, 6) is 0. The van der Waals surface area contributed by atoms with E-state index < -0.39 is 23.1 Å². The Bertz CT molecular complexity index is 599. The lowest BCUT2D eigenvalue weighted by Gasteiger charge is -2.17. The van der Waals surface area contributed by atoms with Crippen molar-refractivity contribution in [2.24, 2.45) is 0 Å². The average molecular weight is 279 g/mol. The fourth-order valence-electron chi connectivity index (χ4n) is 1.43. The van der Waals surface area contributed by atoms with Gasteiger partial charge in [-0.1, -0.05) is 0 Å². The van der Waals surface area contributed by atoms with Crippen molar-refractivity contribution in [2.75, 3.05) is 25.0 Å². The lowest BCUT2D eigenvalue weighted by atomic mass is 10.4. The number of rotatable bonds is 6. The Hall–Kier alpha value is -2.16. The van der Waals surface area contributed by atoms with E-state index >= 15 is 0 Å². The van der Waals surface area contributed by atoms with Crippen LogP contribution in [0.3, 0.4) is 0 Å². The number of nitrogens with zero attached hydrogens (tertiary/aromatic N) is 4. The van der Waals surface area contributed by atoms with Crippen LogP contribution in [0, 0.1) is 22.7 Å². The number of nitriles is 2. The molecule has 0 radical (unpaired) electrons. The predicted molar refractivity (Wildman–Crippen MR) is 68.4 cm³/mol. The van der Waals surface area contributed by atoms with Crippen molar-refractivity contribution in [3.8, 4) is 12.1 Å². The number of aromatic nitrogens is 1. The normalized spacial score (nSPS) is 10.7. The van der Waals surface area contributed by atoms with Gasteiger partial charge in [0.2, 0.25) is 0 Å². The SMILES string of the molecule is CCNc1cccnc1S(=O)(=O)N(CC#N)CC#N. The number of nitrogens with one attached hydrogen (secondary N) is 1. The van der Waals surface area contributed by atoms with E-state index in [-0.39, 0.29) is 5.03 Å². The largest absolute Gasteiger partial charge is 0.383 e. The first-order valence-corrected chi connectivity index (χ1v) is 6.94. The third-order valence-electron chi connectivity index (χ3n) is 2.22. The van der Waals surface area contributed by atoms with Gasteiger partial charge in [0.1, 0.15) is 13.1 Å². The van der Waals surface area contributed by atoms with Gasteiger partial charge in [0.05, 0.1) is 17.8 Å². The summed E-state index contributed by atoms with van der Waals surface area (Å²) in [7, 11) is -3.96. The van der Waals surface area contributed by atoms with Crippen molar-refractivity contribution in [1.82, 2.24) is 9.29 Å². The van der Waals surface area contributed by atoms with Gasteiger partial charge in [-0.15, -0.1) is 0 Å². The summed E-state index contributed by atoms with van der Waals surface area (Å²) in [5.41, 5.74) is 0.353. The van der Waals surface area contributed by atoms with Crippen LogP contribution in [0.5, 0.6) is 0 Å². The molecule has 0 saturated carbocycles. The molecule has 1 aromatic heterocycles. The molecular weight excluding hydrogens is 266 g/mol. The maximum atomic E-state index is 12.3. The van der Waals surface area contributed by atoms with Crippen LogP contribution in [0.1, 0.15) is 6.92 Å². The Labute approximate surface area is 112 Å². The third-order valence-corrected chi connectivity index (χ3v) is 3.97. The average Bonchev–Trinajstić information content (AvgIpc) is 2.39. The second-order valence-electron chi connectivity index (χ2n) is 3.48. The Morgan fingerprint density at radius 2 is 2.00 bits per heavy atom. The summed E-state index contributed by atoms with van der Waals surface area (Å²) in [6.07, 6.45) is 1.35. The molecule has 0 unspecified atom stereocenters. The van der Waals surface area contributed by atoms with Crippen LogP contribution in [-0.4, -0.2) is 37.3 Å². The van der Waals surface area contributed by atoms with E-state index in [1.54, 1.807) is 24.3 Å². The summed E-state index contributed by atoms with van der Waals surface area (Å²) in [5, 5.41) is 20.0. The summed E-state index contributed by atoms with van der Waals surface area (Å²) >= 11 is 0. The molecule has 1 N–H and O–H groups in total. The highest BCUT2D eigenvalue weighted by molar-refractivity contribution is 7.89. The van der Waals surface area contributed by atoms with Crippen LogP contribution in [0.25, 0.3) is 0 Å². The lowest BCUT2D eigenvalue weighted by Crippen LogP contribution is -2.33. The first kappa shape index (κ1) is 14.9. The summed E-state index contributed by atoms with van der Waals surface area (Å²) in [4.78, 5) is 3.84. The third kappa shape index (κ3) is 3.41. The van der Waals surface area contributed by atoms with E-state index in [9.17, 15) is 8.42 Å². The van der Waals surface area contributed by atoms with E-state index in [1.165, 1.54) is 6.20 Å². The van der Waals surface area contributed by atoms with Crippen LogP contribution in [0.2, 0.25) is 0 Å². The quantitative estimate of drug-likeness (QED) is 0.761. The lowest BCUT2D eigenvalue weighted by molar-refractivity contribution is 0.477. The minimum Gasteiger partial charge on any atom is -0.383 e. The molecule has 0 aliphatic rings. The van der Waals surface area contributed by atoms with Crippen molar-refractivity contribution in [3.05, 3.63) is 18.3 Å². The fraction of sp³-hybridized carbons (Fsp3) is 0.364. The highest BCUT2D eigenvalue weighted by Gasteiger charge is 2.28. The molecule has 0 amide bonds. The van der Waals surface area contributed by atoms with Crippen molar-refractivity contribution in [2.45, 2.75) is 11.9 Å². The molecule has 100 valence electrons. The van der Waals surface area contributed by atoms with Crippen molar-refractivity contribution < 1.29 is 8.42 Å². The number of hydrogen-bond donors (Lipinski definition) is 1. The van der Waals surface area contributed by atoms with Crippen LogP contribution >= 0.6 is 0 Å². The Balaban J connectivity index is 3.26. The molecule has 19 heavy (non-hydrogen) atoms. The van der Waals surface area contributed by atoms with Gasteiger partial charge in [-0.2, -0.15) is 14.8 Å². The van der Waals surface area contributed by atoms with Gasteiger partial charge in [-0.3, -0.25) is 0 Å². The second kappa shape index (κ2) is 6.69. The number of hydrogen-bond acceptors (Lipinski definition) is 6. The van der Waals surface area contributed by atoms with E-state index in [0.717, 1.165) is 4.31 Å². The van der Waals surface area contributed by atoms with Gasteiger partial charge in [-0.05, 0) is 19.1 Å². The number of sulfonamides is 1. The van der Waals surface area contributed by atoms with Crippen LogP contribution < -0.4 is 5.32 Å². The summed E-state index contributed by atoms with van der Waals surface area (Å²) in [6.45, 7) is 1.58. The number of pyridine rings is 1. The van der Waals surface area contributed by atoms with Crippen molar-refractivity contribution >= 4 is 15.7 Å². The number of anilines is 1. The zero-order valence-electron chi connectivity index (χ0n) is 10.4. The van der Waals surface area contributed by atoms with E-state index in [0.29, 0.717) is 12.2 Å². The Morgan fingerprint density at radius 3 is 2.53 bits per heavy atom. The van der Waals surface area contributed by atoms with Crippen molar-refractivity contribution in [3.63, 3.8) is 0 Å². The standard InChI is InChI=1S/C11H13N5O2S/c1-2-14-10-4-3-7-15-11(10)19(17,18)16(8-5-12)9-6-13/h3-4,7,14H,2,8-9H2,1H3. The fourth-order valence-corrected chi connectivity index (χ4v) is 2.74. The molecule has 8 heteroatoms. The molecular formula is C11H13N5O2S. The summed E-state index contributed by atoms with van der Waals surface area (Å²) in [6, 6.07) is 6.65. The molecule has 0 fully saturated rings. The molecule has 0 aromatic carbocycles. The van der Waals surface area contributed by atoms with E-state index in [1.807, 2.05) is 6.92 Å². The van der Waals surface area contributed by atoms with Crippen LogP contribution in [-0.2, 0) is 10.0 Å². The molecule has 7 nitrogen and oxygen atoms in total. The molecule has 0 aliphatic carbocycles. The monoisotopic (exact) mass is 279 g/mol. The van der Waals surface area contributed by atoms with Crippen molar-refractivity contribution in [1.29, 1.82) is 10.5 Å². The topological polar surface area (TPSA) is 110 Å². The van der Waals surface area contributed by atoms with Gasteiger partial charge in [0.25, 0.3) is 10.0 Å². The van der Waals surface area contributed by atoms with Gasteiger partial charge < -0.3 is 5.32 Å².